The summed E-state index contributed by atoms with van der Waals surface area (Å²) in [7, 11) is 2.17. The van der Waals surface area contributed by atoms with Gasteiger partial charge in [0.1, 0.15) is 0 Å². The first-order valence-electron chi connectivity index (χ1n) is 8.49. The molecular formula is C17H35N. The Morgan fingerprint density at radius 2 is 1.61 bits per heavy atom. The highest BCUT2D eigenvalue weighted by Crippen LogP contribution is 2.33. The molecule has 0 heterocycles. The maximum atomic E-state index is 3.60. The Kier molecular flexibility index (Phi) is 8.75. The maximum absolute atomic E-state index is 3.60. The normalized spacial score (nSPS) is 26.2. The van der Waals surface area contributed by atoms with Crippen LogP contribution in [0.1, 0.15) is 84.5 Å². The van der Waals surface area contributed by atoms with Crippen LogP contribution in [0.15, 0.2) is 0 Å². The van der Waals surface area contributed by atoms with E-state index in [0.717, 1.165) is 17.9 Å². The fourth-order valence-corrected chi connectivity index (χ4v) is 3.58. The second-order valence-corrected chi connectivity index (χ2v) is 6.29. The smallest absolute Gasteiger partial charge is 0.00923 e. The molecule has 0 aromatic heterocycles. The quantitative estimate of drug-likeness (QED) is 0.560. The van der Waals surface area contributed by atoms with E-state index < -0.39 is 0 Å². The Hall–Kier alpha value is -0.0400. The van der Waals surface area contributed by atoms with Crippen LogP contribution in [0.2, 0.25) is 0 Å². The van der Waals surface area contributed by atoms with Crippen molar-refractivity contribution in [2.45, 2.75) is 90.5 Å². The summed E-state index contributed by atoms with van der Waals surface area (Å²) in [5, 5.41) is 3.60. The van der Waals surface area contributed by atoms with E-state index in [1.165, 1.54) is 70.6 Å². The van der Waals surface area contributed by atoms with E-state index in [9.17, 15) is 0 Å². The van der Waals surface area contributed by atoms with E-state index in [1.54, 1.807) is 0 Å². The number of unbranched alkanes of at least 4 members (excludes halogenated alkanes) is 4. The van der Waals surface area contributed by atoms with Crippen molar-refractivity contribution in [3.8, 4) is 0 Å². The number of hydrogen-bond acceptors (Lipinski definition) is 1. The van der Waals surface area contributed by atoms with Gasteiger partial charge in [-0.2, -0.15) is 0 Å². The number of nitrogens with one attached hydrogen (secondary N) is 1. The van der Waals surface area contributed by atoms with Gasteiger partial charge in [0.15, 0.2) is 0 Å². The average molecular weight is 253 g/mol. The van der Waals surface area contributed by atoms with Crippen molar-refractivity contribution in [1.29, 1.82) is 0 Å². The minimum atomic E-state index is 0.796. The molecule has 0 aromatic carbocycles. The Morgan fingerprint density at radius 1 is 0.944 bits per heavy atom. The van der Waals surface area contributed by atoms with Gasteiger partial charge >= 0.3 is 0 Å². The first-order chi connectivity index (χ1) is 8.81. The van der Waals surface area contributed by atoms with Gasteiger partial charge in [-0.1, -0.05) is 65.2 Å². The number of hydrogen-bond donors (Lipinski definition) is 1. The third kappa shape index (κ3) is 5.73. The zero-order chi connectivity index (χ0) is 13.2. The van der Waals surface area contributed by atoms with Crippen LogP contribution in [0.3, 0.4) is 0 Å². The largest absolute Gasteiger partial charge is 0.317 e. The lowest BCUT2D eigenvalue weighted by Crippen LogP contribution is -2.35. The molecule has 18 heavy (non-hydrogen) atoms. The zero-order valence-electron chi connectivity index (χ0n) is 13.0. The van der Waals surface area contributed by atoms with Gasteiger partial charge in [0.05, 0.1) is 0 Å². The molecule has 0 amide bonds. The molecule has 0 spiro atoms. The fourth-order valence-electron chi connectivity index (χ4n) is 3.58. The topological polar surface area (TPSA) is 12.0 Å². The summed E-state index contributed by atoms with van der Waals surface area (Å²) in [6, 6.07) is 0.796. The Balaban J connectivity index is 2.16. The van der Waals surface area contributed by atoms with Crippen molar-refractivity contribution in [2.24, 2.45) is 11.8 Å². The van der Waals surface area contributed by atoms with Crippen LogP contribution in [0.4, 0.5) is 0 Å². The van der Waals surface area contributed by atoms with Crippen LogP contribution < -0.4 is 5.32 Å². The van der Waals surface area contributed by atoms with E-state index in [2.05, 4.69) is 26.2 Å². The summed E-state index contributed by atoms with van der Waals surface area (Å²) in [5.41, 5.74) is 0. The fraction of sp³-hybridized carbons (Fsp3) is 1.00. The summed E-state index contributed by atoms with van der Waals surface area (Å²) >= 11 is 0. The molecule has 1 aliphatic rings. The molecule has 1 saturated carbocycles. The molecule has 0 aromatic rings. The summed E-state index contributed by atoms with van der Waals surface area (Å²) < 4.78 is 0. The Labute approximate surface area is 115 Å². The van der Waals surface area contributed by atoms with Crippen molar-refractivity contribution in [3.63, 3.8) is 0 Å². The van der Waals surface area contributed by atoms with E-state index >= 15 is 0 Å². The average Bonchev–Trinajstić information content (AvgIpc) is 2.43. The molecule has 1 nitrogen and oxygen atoms in total. The molecule has 1 aliphatic carbocycles. The molecule has 108 valence electrons. The molecule has 0 saturated heterocycles. The van der Waals surface area contributed by atoms with Gasteiger partial charge < -0.3 is 5.32 Å². The predicted molar refractivity (Wildman–Crippen MR) is 82.0 cm³/mol. The van der Waals surface area contributed by atoms with Crippen LogP contribution in [0.5, 0.6) is 0 Å². The van der Waals surface area contributed by atoms with E-state index in [4.69, 9.17) is 0 Å². The lowest BCUT2D eigenvalue weighted by molar-refractivity contribution is 0.214. The third-order valence-corrected chi connectivity index (χ3v) is 5.03. The standard InChI is InChI=1S/C17H35N/c1-4-6-7-8-9-10-17(18-3)16-13-11-15(5-2)12-14-16/h15-18H,4-14H2,1-3H3. The molecule has 1 rings (SSSR count). The highest BCUT2D eigenvalue weighted by atomic mass is 14.9. The van der Waals surface area contributed by atoms with Gasteiger partial charge in [0, 0.05) is 6.04 Å². The molecule has 1 fully saturated rings. The summed E-state index contributed by atoms with van der Waals surface area (Å²) in [6.45, 7) is 4.65. The lowest BCUT2D eigenvalue weighted by atomic mass is 9.76. The summed E-state index contributed by atoms with van der Waals surface area (Å²) in [4.78, 5) is 0. The van der Waals surface area contributed by atoms with Gasteiger partial charge in [-0.25, -0.2) is 0 Å². The van der Waals surface area contributed by atoms with Crippen LogP contribution >= 0.6 is 0 Å². The van der Waals surface area contributed by atoms with Crippen molar-refractivity contribution >= 4 is 0 Å². The molecule has 1 unspecified atom stereocenters. The van der Waals surface area contributed by atoms with Gasteiger partial charge in [-0.05, 0) is 38.1 Å². The van der Waals surface area contributed by atoms with Gasteiger partial charge in [-0.15, -0.1) is 0 Å². The highest BCUT2D eigenvalue weighted by molar-refractivity contribution is 4.80. The Bertz CT molecular complexity index is 182. The van der Waals surface area contributed by atoms with Crippen molar-refractivity contribution in [1.82, 2.24) is 5.32 Å². The van der Waals surface area contributed by atoms with Crippen LogP contribution in [0, 0.1) is 11.8 Å². The zero-order valence-corrected chi connectivity index (χ0v) is 13.0. The van der Waals surface area contributed by atoms with Crippen molar-refractivity contribution < 1.29 is 0 Å². The molecule has 1 atom stereocenters. The van der Waals surface area contributed by atoms with Crippen molar-refractivity contribution in [3.05, 3.63) is 0 Å². The van der Waals surface area contributed by atoms with E-state index in [-0.39, 0.29) is 0 Å². The van der Waals surface area contributed by atoms with Crippen LogP contribution in [-0.2, 0) is 0 Å². The molecular weight excluding hydrogens is 218 g/mol. The van der Waals surface area contributed by atoms with Gasteiger partial charge in [0.2, 0.25) is 0 Å². The van der Waals surface area contributed by atoms with Crippen LogP contribution in [0.25, 0.3) is 0 Å². The van der Waals surface area contributed by atoms with E-state index in [1.807, 2.05) is 0 Å². The highest BCUT2D eigenvalue weighted by Gasteiger charge is 2.25. The lowest BCUT2D eigenvalue weighted by Gasteiger charge is -2.33. The predicted octanol–water partition coefficient (Wildman–Crippen LogP) is 5.15. The van der Waals surface area contributed by atoms with Gasteiger partial charge in [0.25, 0.3) is 0 Å². The number of rotatable bonds is 9. The monoisotopic (exact) mass is 253 g/mol. The molecule has 0 bridgehead atoms. The molecule has 0 radical (unpaired) electrons. The molecule has 1 N–H and O–H groups in total. The molecule has 1 heteroatoms. The van der Waals surface area contributed by atoms with Crippen LogP contribution in [-0.4, -0.2) is 13.1 Å². The molecule has 0 aliphatic heterocycles. The van der Waals surface area contributed by atoms with E-state index in [0.29, 0.717) is 0 Å². The third-order valence-electron chi connectivity index (χ3n) is 5.03. The minimum Gasteiger partial charge on any atom is -0.317 e. The Morgan fingerprint density at radius 3 is 2.17 bits per heavy atom. The summed E-state index contributed by atoms with van der Waals surface area (Å²) in [5.74, 6) is 1.99. The van der Waals surface area contributed by atoms with Crippen molar-refractivity contribution in [2.75, 3.05) is 7.05 Å². The summed E-state index contributed by atoms with van der Waals surface area (Å²) in [6.07, 6.45) is 15.8. The first-order valence-corrected chi connectivity index (χ1v) is 8.49. The SMILES string of the molecule is CCCCCCCC(NC)C1CCC(CC)CC1. The maximum Gasteiger partial charge on any atom is 0.00923 e. The first kappa shape index (κ1) is 16.0. The second-order valence-electron chi connectivity index (χ2n) is 6.29. The second kappa shape index (κ2) is 9.83. The van der Waals surface area contributed by atoms with Gasteiger partial charge in [-0.3, -0.25) is 0 Å². The minimum absolute atomic E-state index is 0.796.